The molecular formula is C28H50N4O31P8. The summed E-state index contributed by atoms with van der Waals surface area (Å²) in [6, 6.07) is 11.0. The van der Waals surface area contributed by atoms with Gasteiger partial charge in [0, 0.05) is 75.3 Å². The van der Waals surface area contributed by atoms with Crippen molar-refractivity contribution in [1.29, 1.82) is 0 Å². The molecule has 408 valence electrons. The van der Waals surface area contributed by atoms with Crippen LogP contribution >= 0.6 is 60.8 Å². The summed E-state index contributed by atoms with van der Waals surface area (Å²) in [5.74, 6) is 0. The van der Waals surface area contributed by atoms with Crippen LogP contribution in [0.25, 0.3) is 0 Å². The largest absolute Gasteiger partial charge is 0.412 e. The Labute approximate surface area is 397 Å². The summed E-state index contributed by atoms with van der Waals surface area (Å²) in [7, 11) is -43.3. The van der Waals surface area contributed by atoms with Gasteiger partial charge in [0.25, 0.3) is 20.3 Å². The average molecular weight is 1190 g/mol. The lowest BCUT2D eigenvalue weighted by Crippen LogP contribution is -2.31. The predicted molar refractivity (Wildman–Crippen MR) is 239 cm³/mol. The van der Waals surface area contributed by atoms with Gasteiger partial charge in [-0.1, -0.05) is 24.3 Å². The van der Waals surface area contributed by atoms with Gasteiger partial charge in [0.15, 0.2) is 0 Å². The van der Waals surface area contributed by atoms with E-state index in [1.54, 1.807) is 0 Å². The molecule has 0 spiro atoms. The van der Waals surface area contributed by atoms with Crippen LogP contribution in [0.15, 0.2) is 98.1 Å². The number of pyridine rings is 4. The highest BCUT2D eigenvalue weighted by Crippen LogP contribution is 2.71. The van der Waals surface area contributed by atoms with Crippen LogP contribution in [0.3, 0.4) is 0 Å². The van der Waals surface area contributed by atoms with Gasteiger partial charge in [0.2, 0.25) is 0 Å². The minimum atomic E-state index is -5.41. The van der Waals surface area contributed by atoms with Crippen molar-refractivity contribution < 1.29 is 152 Å². The average Bonchev–Trinajstić information content (AvgIpc) is 3.17. The zero-order chi connectivity index (χ0) is 53.3. The number of nitrogens with zero attached hydrogens (tertiary/aromatic N) is 4. The van der Waals surface area contributed by atoms with Crippen molar-refractivity contribution in [2.45, 2.75) is 46.0 Å². The van der Waals surface area contributed by atoms with E-state index in [9.17, 15) is 56.9 Å². The van der Waals surface area contributed by atoms with Crippen LogP contribution in [-0.4, -0.2) is 155 Å². The topological polar surface area (TPSA) is 687 Å². The molecule has 43 heteroatoms. The van der Waals surface area contributed by atoms with E-state index in [2.05, 4.69) is 19.9 Å². The third kappa shape index (κ3) is 19.6. The van der Waals surface area contributed by atoms with E-state index in [1.807, 2.05) is 0 Å². The van der Waals surface area contributed by atoms with Crippen molar-refractivity contribution in [3.8, 4) is 0 Å². The lowest BCUT2D eigenvalue weighted by atomic mass is 10.2. The molecule has 0 saturated carbocycles. The fraction of sp³-hybridized carbons (Fsp3) is 0.286. The first-order valence-electron chi connectivity index (χ1n) is 17.2. The molecule has 0 amide bonds. The molecule has 0 fully saturated rings. The number of aromatic nitrogens is 4. The normalized spacial score (nSPS) is 13.1. The summed E-state index contributed by atoms with van der Waals surface area (Å²) in [5, 5.41) is 24.6. The molecule has 0 aliphatic carbocycles. The van der Waals surface area contributed by atoms with Gasteiger partial charge in [0.05, 0.1) is 0 Å². The SMILES string of the molecule is O.O.O.O=P(O)(O)C(O)(Cc1cccnc1)P(=O)(O)O.O=P(O)(O)C(O)(Cc1cccnc1)P(=O)(O)O.O=P(O)(O)C(O)(Cc1cccnc1)P(=O)(O)O.O=P(O)(O)C(O)(Cc1cccnc1)P(=O)(O)O. The second kappa shape index (κ2) is 26.8. The second-order valence-corrected chi connectivity index (χ2v) is 29.6. The van der Waals surface area contributed by atoms with Crippen molar-refractivity contribution in [1.82, 2.24) is 19.9 Å². The lowest BCUT2D eigenvalue weighted by Gasteiger charge is -2.29. The van der Waals surface area contributed by atoms with E-state index in [-0.39, 0.29) is 38.7 Å². The van der Waals surface area contributed by atoms with Gasteiger partial charge in [-0.25, -0.2) is 0 Å². The molecule has 26 N–H and O–H groups in total. The highest BCUT2D eigenvalue weighted by molar-refractivity contribution is 7.73. The highest BCUT2D eigenvalue weighted by atomic mass is 31.3. The minimum Gasteiger partial charge on any atom is -0.412 e. The molecular weight excluding hydrogens is 1140 g/mol. The molecule has 0 aliphatic rings. The van der Waals surface area contributed by atoms with Gasteiger partial charge in [-0.2, -0.15) is 0 Å². The fourth-order valence-corrected chi connectivity index (χ4v) is 13.1. The summed E-state index contributed by atoms with van der Waals surface area (Å²) in [4.78, 5) is 157. The van der Waals surface area contributed by atoms with Gasteiger partial charge in [-0.15, -0.1) is 0 Å². The molecule has 0 radical (unpaired) electrons. The Kier molecular flexibility index (Phi) is 27.5. The first-order valence-corrected chi connectivity index (χ1v) is 30.1. The molecule has 71 heavy (non-hydrogen) atoms. The quantitative estimate of drug-likeness (QED) is 0.0476. The van der Waals surface area contributed by atoms with Gasteiger partial charge in [-0.3, -0.25) is 56.5 Å². The molecule has 0 unspecified atom stereocenters. The van der Waals surface area contributed by atoms with Crippen LogP contribution in [0.1, 0.15) is 22.3 Å². The van der Waals surface area contributed by atoms with Crippen molar-refractivity contribution >= 4 is 60.8 Å². The zero-order valence-electron chi connectivity index (χ0n) is 35.1. The predicted octanol–water partition coefficient (Wildman–Crippen LogP) is -3.97. The number of hydrogen-bond donors (Lipinski definition) is 20. The van der Waals surface area contributed by atoms with E-state index in [0.717, 1.165) is 24.8 Å². The van der Waals surface area contributed by atoms with Crippen LogP contribution in [-0.2, 0) is 62.2 Å². The van der Waals surface area contributed by atoms with Crippen molar-refractivity contribution in [3.05, 3.63) is 120 Å². The zero-order valence-corrected chi connectivity index (χ0v) is 42.3. The van der Waals surface area contributed by atoms with Crippen molar-refractivity contribution in [3.63, 3.8) is 0 Å². The maximum Gasteiger partial charge on any atom is 0.369 e. The van der Waals surface area contributed by atoms with E-state index < -0.39 is 107 Å². The standard InChI is InChI=1S/4C7H11NO7P2.3H2O/c4*9-7(16(10,11)12,17(13,14)15)4-6-2-1-3-8-5-6;;;/h4*1-3,5,9H,4H2,(H2,10,11,12)(H2,13,14,15);3*1H2. The molecule has 4 heterocycles. The molecule has 0 bridgehead atoms. The third-order valence-electron chi connectivity index (χ3n) is 8.39. The first-order chi connectivity index (χ1) is 30.3. The Morgan fingerprint density at radius 2 is 0.423 bits per heavy atom. The second-order valence-electron chi connectivity index (χ2n) is 13.6. The number of aliphatic hydroxyl groups is 4. The number of rotatable bonds is 16. The summed E-state index contributed by atoms with van der Waals surface area (Å²) in [6.45, 7) is 0. The van der Waals surface area contributed by atoms with Gasteiger partial charge in [-0.05, 0) is 46.5 Å². The summed E-state index contributed by atoms with van der Waals surface area (Å²) in [6.07, 6.45) is 6.51. The number of hydrogen-bond acceptors (Lipinski definition) is 16. The molecule has 4 aromatic rings. The van der Waals surface area contributed by atoms with E-state index in [4.69, 9.17) is 78.3 Å². The monoisotopic (exact) mass is 1190 g/mol. The summed E-state index contributed by atoms with van der Waals surface area (Å²) in [5.41, 5.74) is 0.395. The third-order valence-corrected chi connectivity index (χ3v) is 23.4. The van der Waals surface area contributed by atoms with Gasteiger partial charge >= 0.3 is 60.8 Å². The molecule has 35 nitrogen and oxygen atoms in total. The van der Waals surface area contributed by atoms with Crippen LogP contribution in [0.4, 0.5) is 0 Å². The molecule has 0 atom stereocenters. The summed E-state index contributed by atoms with van der Waals surface area (Å²) < 4.78 is 88.3. The maximum atomic E-state index is 11.0. The molecule has 0 aliphatic heterocycles. The fourth-order valence-electron chi connectivity index (χ4n) is 4.61. The van der Waals surface area contributed by atoms with E-state index in [0.29, 0.717) is 0 Å². The summed E-state index contributed by atoms with van der Waals surface area (Å²) >= 11 is 0. The van der Waals surface area contributed by atoms with Gasteiger partial charge in [0.1, 0.15) is 0 Å². The Bertz CT molecular complexity index is 2190. The Morgan fingerprint density at radius 1 is 0.296 bits per heavy atom. The van der Waals surface area contributed by atoms with Crippen LogP contribution in [0.5, 0.6) is 0 Å². The van der Waals surface area contributed by atoms with Gasteiger partial charge < -0.3 is 115 Å². The molecule has 4 rings (SSSR count). The van der Waals surface area contributed by atoms with Crippen LogP contribution in [0.2, 0.25) is 0 Å². The smallest absolute Gasteiger partial charge is 0.369 e. The van der Waals surface area contributed by atoms with Crippen LogP contribution in [0, 0.1) is 0 Å². The highest BCUT2D eigenvalue weighted by Gasteiger charge is 2.62. The van der Waals surface area contributed by atoms with Crippen LogP contribution < -0.4 is 0 Å². The first kappa shape index (κ1) is 72.8. The Hall–Kier alpha value is -2.48. The maximum absolute atomic E-state index is 11.0. The Balaban J connectivity index is -0.000000856. The van der Waals surface area contributed by atoms with E-state index >= 15 is 0 Å². The molecule has 4 aromatic heterocycles. The molecule has 0 aromatic carbocycles. The van der Waals surface area contributed by atoms with E-state index in [1.165, 1.54) is 73.3 Å². The lowest BCUT2D eigenvalue weighted by molar-refractivity contribution is 0.130. The molecule has 0 saturated heterocycles. The Morgan fingerprint density at radius 3 is 0.507 bits per heavy atom. The van der Waals surface area contributed by atoms with Crippen molar-refractivity contribution in [2.24, 2.45) is 0 Å². The minimum absolute atomic E-state index is 0. The van der Waals surface area contributed by atoms with Crippen molar-refractivity contribution in [2.75, 3.05) is 0 Å².